The Kier molecular flexibility index (Phi) is 2.00. The third-order valence-corrected chi connectivity index (χ3v) is 2.17. The third-order valence-electron chi connectivity index (χ3n) is 2.17. The van der Waals surface area contributed by atoms with Crippen LogP contribution in [0.25, 0.3) is 11.0 Å². The predicted molar refractivity (Wildman–Crippen MR) is 52.8 cm³/mol. The van der Waals surface area contributed by atoms with Crippen LogP contribution in [0.3, 0.4) is 0 Å². The summed E-state index contributed by atoms with van der Waals surface area (Å²) in [7, 11) is 1.55. The van der Waals surface area contributed by atoms with Crippen molar-refractivity contribution in [3.05, 3.63) is 30.0 Å². The first-order valence-electron chi connectivity index (χ1n) is 4.29. The fourth-order valence-electron chi connectivity index (χ4n) is 1.51. The number of benzene rings is 1. The van der Waals surface area contributed by atoms with E-state index in [9.17, 15) is 4.79 Å². The minimum absolute atomic E-state index is 0.00931. The summed E-state index contributed by atoms with van der Waals surface area (Å²) in [6.45, 7) is 1.52. The van der Waals surface area contributed by atoms with E-state index in [0.29, 0.717) is 11.3 Å². The van der Waals surface area contributed by atoms with Crippen LogP contribution in [0.1, 0.15) is 17.3 Å². The lowest BCUT2D eigenvalue weighted by molar-refractivity contribution is 0.101. The SMILES string of the molecule is COc1c(C(C)=O)ccc2occc12. The highest BCUT2D eigenvalue weighted by molar-refractivity contribution is 6.02. The van der Waals surface area contributed by atoms with Gasteiger partial charge in [-0.05, 0) is 25.1 Å². The van der Waals surface area contributed by atoms with Gasteiger partial charge >= 0.3 is 0 Å². The summed E-state index contributed by atoms with van der Waals surface area (Å²) in [5, 5.41) is 0.834. The van der Waals surface area contributed by atoms with Crippen LogP contribution in [0.2, 0.25) is 0 Å². The van der Waals surface area contributed by atoms with Gasteiger partial charge in [-0.25, -0.2) is 0 Å². The molecule has 0 N–H and O–H groups in total. The van der Waals surface area contributed by atoms with Gasteiger partial charge < -0.3 is 9.15 Å². The molecule has 1 aromatic heterocycles. The van der Waals surface area contributed by atoms with E-state index in [1.165, 1.54) is 6.92 Å². The Morgan fingerprint density at radius 2 is 2.14 bits per heavy atom. The quantitative estimate of drug-likeness (QED) is 0.683. The van der Waals surface area contributed by atoms with Crippen molar-refractivity contribution < 1.29 is 13.9 Å². The number of fused-ring (bicyclic) bond motifs is 1. The molecule has 2 rings (SSSR count). The molecule has 0 aliphatic heterocycles. The largest absolute Gasteiger partial charge is 0.495 e. The Labute approximate surface area is 81.3 Å². The third kappa shape index (κ3) is 1.18. The van der Waals surface area contributed by atoms with Gasteiger partial charge in [-0.1, -0.05) is 0 Å². The van der Waals surface area contributed by atoms with Crippen LogP contribution < -0.4 is 4.74 Å². The molecule has 0 saturated carbocycles. The maximum atomic E-state index is 11.3. The highest BCUT2D eigenvalue weighted by Gasteiger charge is 2.12. The number of methoxy groups -OCH3 is 1. The zero-order valence-corrected chi connectivity index (χ0v) is 8.03. The van der Waals surface area contributed by atoms with Crippen LogP contribution in [0.15, 0.2) is 28.9 Å². The van der Waals surface area contributed by atoms with Crippen LogP contribution >= 0.6 is 0 Å². The standard InChI is InChI=1S/C11H10O3/c1-7(12)8-3-4-10-9(5-6-14-10)11(8)13-2/h3-6H,1-2H3. The fraction of sp³-hybridized carbons (Fsp3) is 0.182. The number of furan rings is 1. The van der Waals surface area contributed by atoms with E-state index in [1.54, 1.807) is 31.6 Å². The molecule has 14 heavy (non-hydrogen) atoms. The van der Waals surface area contributed by atoms with Gasteiger partial charge in [-0.2, -0.15) is 0 Å². The molecule has 0 aliphatic carbocycles. The molecule has 0 fully saturated rings. The van der Waals surface area contributed by atoms with E-state index in [2.05, 4.69) is 0 Å². The number of ketones is 1. The van der Waals surface area contributed by atoms with Gasteiger partial charge in [0.05, 0.1) is 24.3 Å². The van der Waals surface area contributed by atoms with E-state index in [4.69, 9.17) is 9.15 Å². The number of carbonyl (C=O) groups excluding carboxylic acids is 1. The molecule has 3 heteroatoms. The van der Waals surface area contributed by atoms with Crippen molar-refractivity contribution in [1.29, 1.82) is 0 Å². The van der Waals surface area contributed by atoms with Crippen molar-refractivity contribution >= 4 is 16.8 Å². The van der Waals surface area contributed by atoms with Crippen LogP contribution in [0.4, 0.5) is 0 Å². The Hall–Kier alpha value is -1.77. The molecule has 72 valence electrons. The fourth-order valence-corrected chi connectivity index (χ4v) is 1.51. The topological polar surface area (TPSA) is 39.4 Å². The number of hydrogen-bond acceptors (Lipinski definition) is 3. The average molecular weight is 190 g/mol. The maximum absolute atomic E-state index is 11.3. The zero-order chi connectivity index (χ0) is 10.1. The van der Waals surface area contributed by atoms with E-state index < -0.39 is 0 Å². The van der Waals surface area contributed by atoms with Crippen molar-refractivity contribution in [1.82, 2.24) is 0 Å². The van der Waals surface area contributed by atoms with Crippen molar-refractivity contribution in [2.24, 2.45) is 0 Å². The summed E-state index contributed by atoms with van der Waals surface area (Å²) in [5.41, 5.74) is 1.31. The highest BCUT2D eigenvalue weighted by Crippen LogP contribution is 2.30. The van der Waals surface area contributed by atoms with Gasteiger partial charge in [0.2, 0.25) is 0 Å². The lowest BCUT2D eigenvalue weighted by Crippen LogP contribution is -1.97. The van der Waals surface area contributed by atoms with E-state index in [-0.39, 0.29) is 5.78 Å². The Balaban J connectivity index is 2.78. The number of carbonyl (C=O) groups is 1. The minimum Gasteiger partial charge on any atom is -0.495 e. The number of Topliss-reactive ketones (excluding diaryl/α,β-unsaturated/α-hetero) is 1. The molecule has 0 unspecified atom stereocenters. The lowest BCUT2D eigenvalue weighted by atomic mass is 10.1. The first kappa shape index (κ1) is 8.81. The molecule has 1 aromatic carbocycles. The molecule has 0 saturated heterocycles. The number of hydrogen-bond donors (Lipinski definition) is 0. The summed E-state index contributed by atoms with van der Waals surface area (Å²) in [6, 6.07) is 5.28. The van der Waals surface area contributed by atoms with Crippen molar-refractivity contribution in [3.8, 4) is 5.75 Å². The smallest absolute Gasteiger partial charge is 0.163 e. The first-order chi connectivity index (χ1) is 6.74. The summed E-state index contributed by atoms with van der Waals surface area (Å²) >= 11 is 0. The minimum atomic E-state index is -0.00931. The van der Waals surface area contributed by atoms with Gasteiger partial charge in [-0.15, -0.1) is 0 Å². The second kappa shape index (κ2) is 3.18. The molecule has 1 heterocycles. The molecule has 0 radical (unpaired) electrons. The number of ether oxygens (including phenoxy) is 1. The molecular weight excluding hydrogens is 180 g/mol. The first-order valence-corrected chi connectivity index (χ1v) is 4.29. The molecule has 0 spiro atoms. The van der Waals surface area contributed by atoms with Gasteiger partial charge in [0.1, 0.15) is 11.3 Å². The summed E-state index contributed by atoms with van der Waals surface area (Å²) in [6.07, 6.45) is 1.58. The lowest BCUT2D eigenvalue weighted by Gasteiger charge is -2.05. The maximum Gasteiger partial charge on any atom is 0.163 e. The number of rotatable bonds is 2. The van der Waals surface area contributed by atoms with Crippen LogP contribution in [-0.2, 0) is 0 Å². The van der Waals surface area contributed by atoms with Gasteiger partial charge in [0.25, 0.3) is 0 Å². The van der Waals surface area contributed by atoms with Gasteiger partial charge in [0, 0.05) is 0 Å². The molecule has 0 bridgehead atoms. The normalized spacial score (nSPS) is 10.4. The molecule has 0 atom stereocenters. The van der Waals surface area contributed by atoms with E-state index in [0.717, 1.165) is 11.0 Å². The molecular formula is C11H10O3. The average Bonchev–Trinajstić information content (AvgIpc) is 2.63. The Bertz CT molecular complexity index is 482. The van der Waals surface area contributed by atoms with Gasteiger partial charge in [0.15, 0.2) is 5.78 Å². The van der Waals surface area contributed by atoms with Gasteiger partial charge in [-0.3, -0.25) is 4.79 Å². The summed E-state index contributed by atoms with van der Waals surface area (Å²) in [4.78, 5) is 11.3. The second-order valence-electron chi connectivity index (χ2n) is 3.03. The molecule has 2 aromatic rings. The monoisotopic (exact) mass is 190 g/mol. The predicted octanol–water partition coefficient (Wildman–Crippen LogP) is 2.64. The van der Waals surface area contributed by atoms with E-state index >= 15 is 0 Å². The van der Waals surface area contributed by atoms with Crippen LogP contribution in [0.5, 0.6) is 5.75 Å². The van der Waals surface area contributed by atoms with Crippen molar-refractivity contribution in [2.45, 2.75) is 6.92 Å². The zero-order valence-electron chi connectivity index (χ0n) is 8.03. The summed E-state index contributed by atoms with van der Waals surface area (Å²) in [5.74, 6) is 0.578. The molecule has 3 nitrogen and oxygen atoms in total. The van der Waals surface area contributed by atoms with E-state index in [1.807, 2.05) is 0 Å². The summed E-state index contributed by atoms with van der Waals surface area (Å²) < 4.78 is 10.4. The Morgan fingerprint density at radius 3 is 2.79 bits per heavy atom. The van der Waals surface area contributed by atoms with Crippen LogP contribution in [-0.4, -0.2) is 12.9 Å². The second-order valence-corrected chi connectivity index (χ2v) is 3.03. The van der Waals surface area contributed by atoms with Crippen molar-refractivity contribution in [3.63, 3.8) is 0 Å². The van der Waals surface area contributed by atoms with Crippen LogP contribution in [0, 0.1) is 0 Å². The Morgan fingerprint density at radius 1 is 1.36 bits per heavy atom. The highest BCUT2D eigenvalue weighted by atomic mass is 16.5. The molecule has 0 aliphatic rings. The molecule has 0 amide bonds. The van der Waals surface area contributed by atoms with Crippen molar-refractivity contribution in [2.75, 3.05) is 7.11 Å².